The maximum atomic E-state index is 5.73. The van der Waals surface area contributed by atoms with Gasteiger partial charge in [-0.05, 0) is 57.7 Å². The molecule has 2 rings (SSSR count). The van der Waals surface area contributed by atoms with Crippen LogP contribution in [0.1, 0.15) is 39.0 Å². The SMILES string of the molecule is CCOc1cccc(OCCCCCNC2CC2)c1. The van der Waals surface area contributed by atoms with E-state index in [1.54, 1.807) is 0 Å². The molecule has 0 aromatic heterocycles. The Bertz CT molecular complexity index is 364. The summed E-state index contributed by atoms with van der Waals surface area (Å²) in [7, 11) is 0. The molecular weight excluding hydrogens is 238 g/mol. The van der Waals surface area contributed by atoms with E-state index in [1.807, 2.05) is 31.2 Å². The van der Waals surface area contributed by atoms with Gasteiger partial charge in [0, 0.05) is 12.1 Å². The summed E-state index contributed by atoms with van der Waals surface area (Å²) >= 11 is 0. The molecule has 0 aliphatic heterocycles. The maximum Gasteiger partial charge on any atom is 0.122 e. The predicted molar refractivity (Wildman–Crippen MR) is 78.0 cm³/mol. The Morgan fingerprint density at radius 1 is 1.11 bits per heavy atom. The average Bonchev–Trinajstić information content (AvgIpc) is 3.23. The molecule has 0 saturated heterocycles. The molecule has 0 unspecified atom stereocenters. The molecule has 106 valence electrons. The summed E-state index contributed by atoms with van der Waals surface area (Å²) < 4.78 is 11.2. The summed E-state index contributed by atoms with van der Waals surface area (Å²) in [6.07, 6.45) is 6.34. The number of hydrogen-bond acceptors (Lipinski definition) is 3. The van der Waals surface area contributed by atoms with Gasteiger partial charge in [-0.2, -0.15) is 0 Å². The third-order valence-corrected chi connectivity index (χ3v) is 3.22. The third kappa shape index (κ3) is 5.97. The highest BCUT2D eigenvalue weighted by atomic mass is 16.5. The first kappa shape index (κ1) is 14.2. The molecule has 0 amide bonds. The van der Waals surface area contributed by atoms with Crippen LogP contribution in [0, 0.1) is 0 Å². The molecule has 1 aromatic carbocycles. The van der Waals surface area contributed by atoms with Crippen molar-refractivity contribution >= 4 is 0 Å². The van der Waals surface area contributed by atoms with Crippen molar-refractivity contribution in [2.45, 2.75) is 45.1 Å². The van der Waals surface area contributed by atoms with Crippen LogP contribution in [-0.2, 0) is 0 Å². The first-order valence-electron chi connectivity index (χ1n) is 7.47. The van der Waals surface area contributed by atoms with E-state index in [0.717, 1.165) is 37.1 Å². The lowest BCUT2D eigenvalue weighted by Gasteiger charge is -2.08. The summed E-state index contributed by atoms with van der Waals surface area (Å²) in [4.78, 5) is 0. The number of ether oxygens (including phenoxy) is 2. The summed E-state index contributed by atoms with van der Waals surface area (Å²) in [5.41, 5.74) is 0. The number of unbranched alkanes of at least 4 members (excludes halogenated alkanes) is 2. The van der Waals surface area contributed by atoms with Gasteiger partial charge in [-0.25, -0.2) is 0 Å². The molecule has 3 nitrogen and oxygen atoms in total. The van der Waals surface area contributed by atoms with E-state index < -0.39 is 0 Å². The molecule has 0 spiro atoms. The lowest BCUT2D eigenvalue weighted by Crippen LogP contribution is -2.17. The Balaban J connectivity index is 1.52. The zero-order chi connectivity index (χ0) is 13.3. The molecule has 0 heterocycles. The van der Waals surface area contributed by atoms with E-state index >= 15 is 0 Å². The molecule has 1 saturated carbocycles. The van der Waals surface area contributed by atoms with Crippen molar-refractivity contribution in [3.8, 4) is 11.5 Å². The molecule has 1 aliphatic carbocycles. The maximum absolute atomic E-state index is 5.73. The van der Waals surface area contributed by atoms with Gasteiger partial charge in [0.05, 0.1) is 13.2 Å². The fourth-order valence-electron chi connectivity index (χ4n) is 2.01. The lowest BCUT2D eigenvalue weighted by molar-refractivity contribution is 0.299. The Morgan fingerprint density at radius 3 is 2.63 bits per heavy atom. The van der Waals surface area contributed by atoms with E-state index in [9.17, 15) is 0 Å². The smallest absolute Gasteiger partial charge is 0.122 e. The standard InChI is InChI=1S/C16H25NO2/c1-2-18-15-7-6-8-16(13-15)19-12-5-3-4-11-17-14-9-10-14/h6-8,13-14,17H,2-5,9-12H2,1H3. The molecule has 0 bridgehead atoms. The highest BCUT2D eigenvalue weighted by Gasteiger charge is 2.19. The van der Waals surface area contributed by atoms with Crippen molar-refractivity contribution in [2.24, 2.45) is 0 Å². The largest absolute Gasteiger partial charge is 0.494 e. The zero-order valence-corrected chi connectivity index (χ0v) is 11.9. The topological polar surface area (TPSA) is 30.5 Å². The van der Waals surface area contributed by atoms with Crippen LogP contribution >= 0.6 is 0 Å². The molecule has 1 fully saturated rings. The lowest BCUT2D eigenvalue weighted by atomic mass is 10.2. The van der Waals surface area contributed by atoms with Crippen LogP contribution in [-0.4, -0.2) is 25.8 Å². The van der Waals surface area contributed by atoms with Crippen LogP contribution in [0.5, 0.6) is 11.5 Å². The third-order valence-electron chi connectivity index (χ3n) is 3.22. The zero-order valence-electron chi connectivity index (χ0n) is 11.9. The van der Waals surface area contributed by atoms with E-state index in [4.69, 9.17) is 9.47 Å². The van der Waals surface area contributed by atoms with E-state index in [2.05, 4.69) is 5.32 Å². The minimum atomic E-state index is 0.692. The quantitative estimate of drug-likeness (QED) is 0.656. The average molecular weight is 263 g/mol. The van der Waals surface area contributed by atoms with Crippen LogP contribution in [0.25, 0.3) is 0 Å². The van der Waals surface area contributed by atoms with Crippen molar-refractivity contribution < 1.29 is 9.47 Å². The van der Waals surface area contributed by atoms with Gasteiger partial charge in [-0.15, -0.1) is 0 Å². The number of benzene rings is 1. The normalized spacial score (nSPS) is 14.4. The minimum absolute atomic E-state index is 0.692. The number of nitrogens with one attached hydrogen (secondary N) is 1. The van der Waals surface area contributed by atoms with Crippen molar-refractivity contribution in [1.82, 2.24) is 5.32 Å². The first-order valence-corrected chi connectivity index (χ1v) is 7.47. The van der Waals surface area contributed by atoms with Crippen LogP contribution < -0.4 is 14.8 Å². The number of hydrogen-bond donors (Lipinski definition) is 1. The molecule has 0 radical (unpaired) electrons. The molecule has 1 N–H and O–H groups in total. The van der Waals surface area contributed by atoms with Gasteiger partial charge in [0.15, 0.2) is 0 Å². The van der Waals surface area contributed by atoms with Gasteiger partial charge < -0.3 is 14.8 Å². The van der Waals surface area contributed by atoms with E-state index in [0.29, 0.717) is 6.61 Å². The Kier molecular flexibility index (Phi) is 6.02. The predicted octanol–water partition coefficient (Wildman–Crippen LogP) is 3.39. The number of rotatable bonds is 10. The van der Waals surface area contributed by atoms with Crippen LogP contribution in [0.15, 0.2) is 24.3 Å². The van der Waals surface area contributed by atoms with Gasteiger partial charge in [0.2, 0.25) is 0 Å². The Morgan fingerprint density at radius 2 is 1.89 bits per heavy atom. The van der Waals surface area contributed by atoms with Crippen molar-refractivity contribution in [1.29, 1.82) is 0 Å². The summed E-state index contributed by atoms with van der Waals surface area (Å²) in [5, 5.41) is 3.53. The van der Waals surface area contributed by atoms with Gasteiger partial charge in [-0.1, -0.05) is 6.07 Å². The summed E-state index contributed by atoms with van der Waals surface area (Å²) in [6, 6.07) is 8.70. The highest BCUT2D eigenvalue weighted by Crippen LogP contribution is 2.20. The first-order chi connectivity index (χ1) is 9.38. The van der Waals surface area contributed by atoms with Crippen molar-refractivity contribution in [3.05, 3.63) is 24.3 Å². The second kappa shape index (κ2) is 8.05. The molecule has 1 aromatic rings. The van der Waals surface area contributed by atoms with Crippen LogP contribution in [0.3, 0.4) is 0 Å². The highest BCUT2D eigenvalue weighted by molar-refractivity contribution is 5.32. The van der Waals surface area contributed by atoms with Crippen LogP contribution in [0.4, 0.5) is 0 Å². The van der Waals surface area contributed by atoms with Crippen LogP contribution in [0.2, 0.25) is 0 Å². The molecule has 3 heteroatoms. The monoisotopic (exact) mass is 263 g/mol. The van der Waals surface area contributed by atoms with Crippen molar-refractivity contribution in [3.63, 3.8) is 0 Å². The van der Waals surface area contributed by atoms with Gasteiger partial charge in [0.25, 0.3) is 0 Å². The molecule has 1 aliphatic rings. The Hall–Kier alpha value is -1.22. The molecule has 0 atom stereocenters. The van der Waals surface area contributed by atoms with Gasteiger partial charge >= 0.3 is 0 Å². The fourth-order valence-corrected chi connectivity index (χ4v) is 2.01. The second-order valence-electron chi connectivity index (χ2n) is 5.05. The Labute approximate surface area is 116 Å². The minimum Gasteiger partial charge on any atom is -0.494 e. The summed E-state index contributed by atoms with van der Waals surface area (Å²) in [5.74, 6) is 1.79. The molecule has 19 heavy (non-hydrogen) atoms. The second-order valence-corrected chi connectivity index (χ2v) is 5.05. The van der Waals surface area contributed by atoms with E-state index in [1.165, 1.54) is 25.7 Å². The fraction of sp³-hybridized carbons (Fsp3) is 0.625. The van der Waals surface area contributed by atoms with E-state index in [-0.39, 0.29) is 0 Å². The van der Waals surface area contributed by atoms with Crippen molar-refractivity contribution in [2.75, 3.05) is 19.8 Å². The van der Waals surface area contributed by atoms with Gasteiger partial charge in [0.1, 0.15) is 11.5 Å². The van der Waals surface area contributed by atoms with Gasteiger partial charge in [-0.3, -0.25) is 0 Å². The summed E-state index contributed by atoms with van der Waals surface area (Å²) in [6.45, 7) is 4.63. The molecular formula is C16H25NO2.